The number of carbonyl (C=O) groups excluding carboxylic acids is 1. The summed E-state index contributed by atoms with van der Waals surface area (Å²) in [7, 11) is 0. The Labute approximate surface area is 126 Å². The Morgan fingerprint density at radius 2 is 2.30 bits per heavy atom. The number of likely N-dealkylation sites (tertiary alicyclic amines) is 1. The molecule has 2 rings (SSSR count). The Hall–Kier alpha value is -1.26. The minimum absolute atomic E-state index is 0. The van der Waals surface area contributed by atoms with E-state index in [2.05, 4.69) is 0 Å². The molecule has 112 valence electrons. The maximum absolute atomic E-state index is 12.0. The molecular formula is C15H23ClN2O2. The molecule has 0 saturated carbocycles. The molecule has 1 aromatic rings. The van der Waals surface area contributed by atoms with Crippen molar-refractivity contribution in [3.63, 3.8) is 0 Å². The summed E-state index contributed by atoms with van der Waals surface area (Å²) in [5.74, 6) is 0.964. The van der Waals surface area contributed by atoms with Gasteiger partial charge in [-0.2, -0.15) is 0 Å². The number of nitrogens with two attached hydrogens (primary N) is 1. The standard InChI is InChI=1S/C15H22N2O2.ClH/c1-12-4-2-6-14(10-12)19-9-7-15(18)17-8-3-5-13(16)11-17;/h2,4,6,10,13H,3,5,7-9,11,16H2,1H3;1H. The van der Waals surface area contributed by atoms with E-state index in [0.717, 1.165) is 30.7 Å². The van der Waals surface area contributed by atoms with Crippen LogP contribution in [0.1, 0.15) is 24.8 Å². The number of nitrogens with zero attached hydrogens (tertiary/aromatic N) is 1. The van der Waals surface area contributed by atoms with Crippen LogP contribution in [0.4, 0.5) is 0 Å². The Balaban J connectivity index is 0.00000200. The first-order valence-corrected chi connectivity index (χ1v) is 6.88. The van der Waals surface area contributed by atoms with Crippen molar-refractivity contribution in [2.24, 2.45) is 5.73 Å². The molecule has 0 bridgehead atoms. The second kappa shape index (κ2) is 8.12. The maximum Gasteiger partial charge on any atom is 0.226 e. The van der Waals surface area contributed by atoms with Crippen molar-refractivity contribution in [2.75, 3.05) is 19.7 Å². The third-order valence-electron chi connectivity index (χ3n) is 3.38. The number of ether oxygens (including phenoxy) is 1. The number of hydrogen-bond donors (Lipinski definition) is 1. The molecule has 1 fully saturated rings. The van der Waals surface area contributed by atoms with Gasteiger partial charge in [-0.05, 0) is 37.5 Å². The number of carbonyl (C=O) groups is 1. The molecule has 1 heterocycles. The number of halogens is 1. The van der Waals surface area contributed by atoms with Gasteiger partial charge < -0.3 is 15.4 Å². The zero-order chi connectivity index (χ0) is 13.7. The van der Waals surface area contributed by atoms with Crippen LogP contribution < -0.4 is 10.5 Å². The fraction of sp³-hybridized carbons (Fsp3) is 0.533. The number of hydrogen-bond acceptors (Lipinski definition) is 3. The largest absolute Gasteiger partial charge is 0.493 e. The van der Waals surface area contributed by atoms with Gasteiger partial charge in [0.05, 0.1) is 13.0 Å². The number of rotatable bonds is 4. The van der Waals surface area contributed by atoms with Crippen LogP contribution >= 0.6 is 12.4 Å². The molecule has 5 heteroatoms. The minimum Gasteiger partial charge on any atom is -0.493 e. The van der Waals surface area contributed by atoms with Gasteiger partial charge in [0, 0.05) is 19.1 Å². The summed E-state index contributed by atoms with van der Waals surface area (Å²) >= 11 is 0. The first-order chi connectivity index (χ1) is 9.15. The van der Waals surface area contributed by atoms with E-state index in [1.54, 1.807) is 0 Å². The van der Waals surface area contributed by atoms with E-state index in [-0.39, 0.29) is 24.4 Å². The van der Waals surface area contributed by atoms with E-state index in [1.807, 2.05) is 36.1 Å². The second-order valence-electron chi connectivity index (χ2n) is 5.16. The quantitative estimate of drug-likeness (QED) is 0.926. The minimum atomic E-state index is 0. The lowest BCUT2D eigenvalue weighted by Gasteiger charge is -2.30. The van der Waals surface area contributed by atoms with E-state index in [4.69, 9.17) is 10.5 Å². The molecule has 0 radical (unpaired) electrons. The molecular weight excluding hydrogens is 276 g/mol. The highest BCUT2D eigenvalue weighted by Crippen LogP contribution is 2.13. The molecule has 2 N–H and O–H groups in total. The molecule has 20 heavy (non-hydrogen) atoms. The number of benzene rings is 1. The average molecular weight is 299 g/mol. The Morgan fingerprint density at radius 3 is 3.00 bits per heavy atom. The Bertz CT molecular complexity index is 440. The molecule has 1 saturated heterocycles. The van der Waals surface area contributed by atoms with Crippen LogP contribution in [0.15, 0.2) is 24.3 Å². The second-order valence-corrected chi connectivity index (χ2v) is 5.16. The van der Waals surface area contributed by atoms with E-state index in [1.165, 1.54) is 0 Å². The van der Waals surface area contributed by atoms with E-state index in [0.29, 0.717) is 19.6 Å². The summed E-state index contributed by atoms with van der Waals surface area (Å²) in [4.78, 5) is 13.8. The van der Waals surface area contributed by atoms with Crippen molar-refractivity contribution >= 4 is 18.3 Å². The van der Waals surface area contributed by atoms with Crippen LogP contribution in [0.3, 0.4) is 0 Å². The first kappa shape index (κ1) is 16.8. The van der Waals surface area contributed by atoms with E-state index >= 15 is 0 Å². The Kier molecular flexibility index (Phi) is 6.82. The maximum atomic E-state index is 12.0. The third kappa shape index (κ3) is 5.02. The van der Waals surface area contributed by atoms with Gasteiger partial charge in [-0.25, -0.2) is 0 Å². The summed E-state index contributed by atoms with van der Waals surface area (Å²) in [6.45, 7) is 3.96. The van der Waals surface area contributed by atoms with E-state index in [9.17, 15) is 4.79 Å². The van der Waals surface area contributed by atoms with Crippen molar-refractivity contribution in [2.45, 2.75) is 32.2 Å². The highest BCUT2D eigenvalue weighted by Gasteiger charge is 2.20. The van der Waals surface area contributed by atoms with Crippen molar-refractivity contribution < 1.29 is 9.53 Å². The smallest absolute Gasteiger partial charge is 0.226 e. The van der Waals surface area contributed by atoms with Crippen molar-refractivity contribution in [3.8, 4) is 5.75 Å². The topological polar surface area (TPSA) is 55.6 Å². The zero-order valence-electron chi connectivity index (χ0n) is 11.9. The van der Waals surface area contributed by atoms with Crippen LogP contribution in [0.5, 0.6) is 5.75 Å². The molecule has 0 aliphatic carbocycles. The normalized spacial score (nSPS) is 18.3. The van der Waals surface area contributed by atoms with Crippen LogP contribution in [0.25, 0.3) is 0 Å². The molecule has 0 spiro atoms. The van der Waals surface area contributed by atoms with Crippen LogP contribution in [-0.4, -0.2) is 36.5 Å². The summed E-state index contributed by atoms with van der Waals surface area (Å²) in [6, 6.07) is 7.99. The summed E-state index contributed by atoms with van der Waals surface area (Å²) < 4.78 is 5.60. The van der Waals surface area contributed by atoms with Gasteiger partial charge in [-0.3, -0.25) is 4.79 Å². The summed E-state index contributed by atoms with van der Waals surface area (Å²) in [6.07, 6.45) is 2.44. The SMILES string of the molecule is Cc1cccc(OCCC(=O)N2CCCC(N)C2)c1.Cl. The van der Waals surface area contributed by atoms with Gasteiger partial charge in [0.1, 0.15) is 5.75 Å². The summed E-state index contributed by atoms with van der Waals surface area (Å²) in [5, 5.41) is 0. The van der Waals surface area contributed by atoms with Crippen LogP contribution in [0, 0.1) is 6.92 Å². The fourth-order valence-electron chi connectivity index (χ4n) is 2.36. The molecule has 1 atom stereocenters. The van der Waals surface area contributed by atoms with Crippen molar-refractivity contribution in [1.29, 1.82) is 0 Å². The number of amides is 1. The molecule has 1 aliphatic heterocycles. The fourth-order valence-corrected chi connectivity index (χ4v) is 2.36. The van der Waals surface area contributed by atoms with Crippen molar-refractivity contribution in [3.05, 3.63) is 29.8 Å². The first-order valence-electron chi connectivity index (χ1n) is 6.88. The highest BCUT2D eigenvalue weighted by atomic mass is 35.5. The molecule has 1 amide bonds. The molecule has 1 unspecified atom stereocenters. The predicted octanol–water partition coefficient (Wildman–Crippen LogP) is 2.14. The number of aryl methyl sites for hydroxylation is 1. The van der Waals surface area contributed by atoms with Gasteiger partial charge in [0.15, 0.2) is 0 Å². The number of piperidine rings is 1. The van der Waals surface area contributed by atoms with Gasteiger partial charge in [-0.15, -0.1) is 12.4 Å². The molecule has 1 aromatic carbocycles. The van der Waals surface area contributed by atoms with Gasteiger partial charge in [-0.1, -0.05) is 12.1 Å². The molecule has 1 aliphatic rings. The zero-order valence-corrected chi connectivity index (χ0v) is 12.7. The lowest BCUT2D eigenvalue weighted by atomic mass is 10.1. The third-order valence-corrected chi connectivity index (χ3v) is 3.38. The van der Waals surface area contributed by atoms with Gasteiger partial charge >= 0.3 is 0 Å². The van der Waals surface area contributed by atoms with Gasteiger partial charge in [0.2, 0.25) is 5.91 Å². The lowest BCUT2D eigenvalue weighted by molar-refractivity contribution is -0.132. The Morgan fingerprint density at radius 1 is 1.50 bits per heavy atom. The highest BCUT2D eigenvalue weighted by molar-refractivity contribution is 5.85. The summed E-state index contributed by atoms with van der Waals surface area (Å²) in [5.41, 5.74) is 7.03. The molecule has 0 aromatic heterocycles. The monoisotopic (exact) mass is 298 g/mol. The van der Waals surface area contributed by atoms with Crippen LogP contribution in [-0.2, 0) is 4.79 Å². The predicted molar refractivity (Wildman–Crippen MR) is 82.3 cm³/mol. The lowest BCUT2D eigenvalue weighted by Crippen LogP contribution is -2.46. The van der Waals surface area contributed by atoms with Crippen LogP contribution in [0.2, 0.25) is 0 Å². The average Bonchev–Trinajstić information content (AvgIpc) is 2.38. The molecule has 4 nitrogen and oxygen atoms in total. The van der Waals surface area contributed by atoms with E-state index < -0.39 is 0 Å². The van der Waals surface area contributed by atoms with Crippen molar-refractivity contribution in [1.82, 2.24) is 4.90 Å². The van der Waals surface area contributed by atoms with Gasteiger partial charge in [0.25, 0.3) is 0 Å².